The molecule has 2 N–H and O–H groups in total. The average molecular weight is 239 g/mol. The van der Waals surface area contributed by atoms with Crippen LogP contribution in [0.4, 0.5) is 0 Å². The molecule has 4 atom stereocenters. The molecule has 3 nitrogen and oxygen atoms in total. The van der Waals surface area contributed by atoms with Gasteiger partial charge in [-0.2, -0.15) is 0 Å². The van der Waals surface area contributed by atoms with Crippen LogP contribution in [0.3, 0.4) is 0 Å². The molecule has 0 aliphatic heterocycles. The monoisotopic (exact) mass is 239 g/mol. The van der Waals surface area contributed by atoms with Crippen LogP contribution in [-0.4, -0.2) is 37.5 Å². The standard InChI is InChI=1S/C14H25NO2/c1-14(5-6-16,10-17-2)15-9-13-8-11-3-4-12(13)7-11/h3-4,11-13,15-16H,5-10H2,1-2H3/t11-,12-,13-,14+/m0/s1. The molecule has 0 radical (unpaired) electrons. The number of nitrogens with one attached hydrogen (secondary N) is 1. The third-order valence-corrected chi connectivity index (χ3v) is 4.33. The zero-order valence-corrected chi connectivity index (χ0v) is 11.0. The molecule has 2 aliphatic rings. The maximum atomic E-state index is 9.12. The maximum Gasteiger partial charge on any atom is 0.0642 e. The van der Waals surface area contributed by atoms with Crippen molar-refractivity contribution < 1.29 is 9.84 Å². The Balaban J connectivity index is 1.81. The summed E-state index contributed by atoms with van der Waals surface area (Å²) in [5.74, 6) is 2.40. The fraction of sp³-hybridized carbons (Fsp3) is 0.857. The number of aliphatic hydroxyl groups is 1. The Bertz CT molecular complexity index is 271. The summed E-state index contributed by atoms with van der Waals surface area (Å²) in [6.45, 7) is 4.05. The van der Waals surface area contributed by atoms with E-state index in [1.807, 2.05) is 0 Å². The van der Waals surface area contributed by atoms with Crippen molar-refractivity contribution in [1.29, 1.82) is 0 Å². The topological polar surface area (TPSA) is 41.5 Å². The summed E-state index contributed by atoms with van der Waals surface area (Å²) in [4.78, 5) is 0. The van der Waals surface area contributed by atoms with E-state index in [0.29, 0.717) is 6.61 Å². The Morgan fingerprint density at radius 1 is 1.41 bits per heavy atom. The number of fused-ring (bicyclic) bond motifs is 2. The van der Waals surface area contributed by atoms with Gasteiger partial charge in [-0.05, 0) is 50.5 Å². The normalized spacial score (nSPS) is 34.2. The van der Waals surface area contributed by atoms with Gasteiger partial charge >= 0.3 is 0 Å². The molecule has 3 heteroatoms. The molecule has 2 rings (SSSR count). The van der Waals surface area contributed by atoms with Crippen LogP contribution in [0.2, 0.25) is 0 Å². The molecule has 0 heterocycles. The lowest BCUT2D eigenvalue weighted by Gasteiger charge is -2.32. The van der Waals surface area contributed by atoms with Crippen LogP contribution in [0.1, 0.15) is 26.2 Å². The lowest BCUT2D eigenvalue weighted by Crippen LogP contribution is -2.49. The summed E-state index contributed by atoms with van der Waals surface area (Å²) in [6.07, 6.45) is 8.20. The predicted octanol–water partition coefficient (Wildman–Crippen LogP) is 1.58. The first-order valence-corrected chi connectivity index (χ1v) is 6.70. The van der Waals surface area contributed by atoms with Gasteiger partial charge in [0, 0.05) is 19.3 Å². The van der Waals surface area contributed by atoms with E-state index in [0.717, 1.165) is 30.7 Å². The van der Waals surface area contributed by atoms with Crippen molar-refractivity contribution in [3.05, 3.63) is 12.2 Å². The molecule has 0 unspecified atom stereocenters. The molecule has 2 aliphatic carbocycles. The number of hydrogen-bond donors (Lipinski definition) is 2. The minimum Gasteiger partial charge on any atom is -0.396 e. The summed E-state index contributed by atoms with van der Waals surface area (Å²) in [5.41, 5.74) is -0.0882. The Labute approximate surface area is 104 Å². The molecule has 0 amide bonds. The average Bonchev–Trinajstić information content (AvgIpc) is 2.89. The smallest absolute Gasteiger partial charge is 0.0642 e. The zero-order valence-electron chi connectivity index (χ0n) is 11.0. The Morgan fingerprint density at radius 3 is 2.76 bits per heavy atom. The van der Waals surface area contributed by atoms with Gasteiger partial charge in [-0.15, -0.1) is 0 Å². The SMILES string of the molecule is COC[C@@](C)(CCO)NC[C@@H]1C[C@H]2C=C[C@H]1C2. The number of rotatable bonds is 7. The van der Waals surface area contributed by atoms with Crippen LogP contribution in [-0.2, 0) is 4.74 Å². The van der Waals surface area contributed by atoms with E-state index >= 15 is 0 Å². The lowest BCUT2D eigenvalue weighted by molar-refractivity contribution is 0.0940. The van der Waals surface area contributed by atoms with Gasteiger partial charge in [0.2, 0.25) is 0 Å². The van der Waals surface area contributed by atoms with Crippen molar-refractivity contribution in [3.63, 3.8) is 0 Å². The Hall–Kier alpha value is -0.380. The van der Waals surface area contributed by atoms with Crippen LogP contribution in [0.25, 0.3) is 0 Å². The maximum absolute atomic E-state index is 9.12. The van der Waals surface area contributed by atoms with E-state index in [9.17, 15) is 0 Å². The molecule has 98 valence electrons. The van der Waals surface area contributed by atoms with E-state index in [2.05, 4.69) is 24.4 Å². The molecule has 0 aromatic rings. The molecule has 1 saturated carbocycles. The molecule has 1 fully saturated rings. The first-order valence-electron chi connectivity index (χ1n) is 6.70. The van der Waals surface area contributed by atoms with Gasteiger partial charge in [-0.3, -0.25) is 0 Å². The van der Waals surface area contributed by atoms with Gasteiger partial charge in [0.15, 0.2) is 0 Å². The largest absolute Gasteiger partial charge is 0.396 e. The molecule has 0 aromatic carbocycles. The van der Waals surface area contributed by atoms with Gasteiger partial charge in [-0.1, -0.05) is 12.2 Å². The quantitative estimate of drug-likeness (QED) is 0.663. The molecule has 17 heavy (non-hydrogen) atoms. The molecular formula is C14H25NO2. The minimum atomic E-state index is -0.0882. The number of ether oxygens (including phenoxy) is 1. The minimum absolute atomic E-state index is 0.0882. The number of methoxy groups -OCH3 is 1. The molecule has 0 saturated heterocycles. The highest BCUT2D eigenvalue weighted by atomic mass is 16.5. The molecular weight excluding hydrogens is 214 g/mol. The zero-order chi connectivity index (χ0) is 12.3. The van der Waals surface area contributed by atoms with Crippen LogP contribution in [0.5, 0.6) is 0 Å². The lowest BCUT2D eigenvalue weighted by atomic mass is 9.91. The van der Waals surface area contributed by atoms with Crippen LogP contribution in [0, 0.1) is 17.8 Å². The Kier molecular flexibility index (Phi) is 4.23. The second kappa shape index (κ2) is 5.51. The fourth-order valence-electron chi connectivity index (χ4n) is 3.28. The van der Waals surface area contributed by atoms with Crippen LogP contribution < -0.4 is 5.32 Å². The second-order valence-corrected chi connectivity index (χ2v) is 5.89. The summed E-state index contributed by atoms with van der Waals surface area (Å²) in [5, 5.41) is 12.7. The first-order chi connectivity index (χ1) is 8.17. The molecule has 0 spiro atoms. The third-order valence-electron chi connectivity index (χ3n) is 4.33. The fourth-order valence-corrected chi connectivity index (χ4v) is 3.28. The summed E-state index contributed by atoms with van der Waals surface area (Å²) >= 11 is 0. The number of allylic oxidation sites excluding steroid dienone is 2. The Morgan fingerprint density at radius 2 is 2.24 bits per heavy atom. The van der Waals surface area contributed by atoms with Crippen molar-refractivity contribution in [2.45, 2.75) is 31.7 Å². The van der Waals surface area contributed by atoms with Crippen LogP contribution >= 0.6 is 0 Å². The third kappa shape index (κ3) is 3.09. The van der Waals surface area contributed by atoms with E-state index in [1.165, 1.54) is 12.8 Å². The van der Waals surface area contributed by atoms with Gasteiger partial charge in [-0.25, -0.2) is 0 Å². The van der Waals surface area contributed by atoms with Crippen molar-refractivity contribution in [2.24, 2.45) is 17.8 Å². The van der Waals surface area contributed by atoms with E-state index < -0.39 is 0 Å². The van der Waals surface area contributed by atoms with Crippen molar-refractivity contribution >= 4 is 0 Å². The van der Waals surface area contributed by atoms with Crippen LogP contribution in [0.15, 0.2) is 12.2 Å². The summed E-state index contributed by atoms with van der Waals surface area (Å²) < 4.78 is 5.25. The summed E-state index contributed by atoms with van der Waals surface area (Å²) in [6, 6.07) is 0. The highest BCUT2D eigenvalue weighted by Gasteiger charge is 2.36. The number of hydrogen-bond acceptors (Lipinski definition) is 3. The van der Waals surface area contributed by atoms with Gasteiger partial charge < -0.3 is 15.2 Å². The predicted molar refractivity (Wildman–Crippen MR) is 68.8 cm³/mol. The van der Waals surface area contributed by atoms with Crippen molar-refractivity contribution in [1.82, 2.24) is 5.32 Å². The number of aliphatic hydroxyl groups excluding tert-OH is 1. The van der Waals surface area contributed by atoms with E-state index in [1.54, 1.807) is 7.11 Å². The van der Waals surface area contributed by atoms with Gasteiger partial charge in [0.1, 0.15) is 0 Å². The summed E-state index contributed by atoms with van der Waals surface area (Å²) in [7, 11) is 1.72. The molecule has 0 aromatic heterocycles. The first kappa shape index (κ1) is 13.1. The van der Waals surface area contributed by atoms with E-state index in [-0.39, 0.29) is 12.1 Å². The highest BCUT2D eigenvalue weighted by Crippen LogP contribution is 2.43. The van der Waals surface area contributed by atoms with E-state index in [4.69, 9.17) is 9.84 Å². The van der Waals surface area contributed by atoms with Crippen molar-refractivity contribution in [2.75, 3.05) is 26.9 Å². The van der Waals surface area contributed by atoms with Gasteiger partial charge in [0.25, 0.3) is 0 Å². The molecule has 2 bridgehead atoms. The highest BCUT2D eigenvalue weighted by molar-refractivity contribution is 5.10. The van der Waals surface area contributed by atoms with Crippen molar-refractivity contribution in [3.8, 4) is 0 Å². The van der Waals surface area contributed by atoms with Gasteiger partial charge in [0.05, 0.1) is 6.61 Å². The second-order valence-electron chi connectivity index (χ2n) is 5.89.